The molecule has 0 bridgehead atoms. The van der Waals surface area contributed by atoms with Gasteiger partial charge in [0, 0.05) is 0 Å². The zero-order valence-corrected chi connectivity index (χ0v) is 17.7. The fraction of sp³-hybridized carbons (Fsp3) is 0.182. The molecule has 1 aromatic heterocycles. The van der Waals surface area contributed by atoms with Gasteiger partial charge in [-0.2, -0.15) is 12.0 Å². The van der Waals surface area contributed by atoms with Crippen LogP contribution in [0.4, 0.5) is 0 Å². The van der Waals surface area contributed by atoms with Crippen LogP contribution >= 0.6 is 0 Å². The zero-order valence-electron chi connectivity index (χ0n) is 15.3. The predicted molar refractivity (Wildman–Crippen MR) is 102 cm³/mol. The van der Waals surface area contributed by atoms with E-state index in [1.54, 1.807) is 6.20 Å². The maximum Gasteiger partial charge on any atom is 0.154 e. The first-order chi connectivity index (χ1) is 12.7. The van der Waals surface area contributed by atoms with Crippen LogP contribution in [0, 0.1) is 6.42 Å². The molecular weight excluding hydrogens is 583 g/mol. The van der Waals surface area contributed by atoms with Gasteiger partial charge in [0.1, 0.15) is 30.0 Å². The van der Waals surface area contributed by atoms with Crippen molar-refractivity contribution in [3.8, 4) is 23.1 Å². The van der Waals surface area contributed by atoms with Crippen molar-refractivity contribution >= 4 is 0 Å². The van der Waals surface area contributed by atoms with Crippen molar-refractivity contribution in [2.45, 2.75) is 20.0 Å². The predicted octanol–water partition coefficient (Wildman–Crippen LogP) is 5.29. The minimum Gasteiger partial charge on any atom is -0.490 e. The third kappa shape index (κ3) is 5.71. The van der Waals surface area contributed by atoms with E-state index in [1.807, 2.05) is 87.0 Å². The van der Waals surface area contributed by atoms with Gasteiger partial charge in [-0.1, -0.05) is 25.1 Å². The third-order valence-electron chi connectivity index (χ3n) is 3.70. The Morgan fingerprint density at radius 3 is 2.30 bits per heavy atom. The summed E-state index contributed by atoms with van der Waals surface area (Å²) in [5.41, 5.74) is 1.08. The van der Waals surface area contributed by atoms with E-state index in [1.165, 1.54) is 0 Å². The Balaban J connectivity index is 0.00000261. The van der Waals surface area contributed by atoms with Crippen LogP contribution < -0.4 is 14.2 Å². The molecule has 0 aliphatic carbocycles. The number of aromatic nitrogens is 1. The molecule has 0 spiro atoms. The van der Waals surface area contributed by atoms with E-state index in [-0.39, 0.29) is 6.10 Å². The Bertz CT molecular complexity index is 809. The molecule has 5 heteroatoms. The maximum absolute atomic E-state index is 5.80. The van der Waals surface area contributed by atoms with Crippen LogP contribution in [0.1, 0.15) is 19.4 Å². The second-order valence-corrected chi connectivity index (χ2v) is 5.84. The number of hydrogen-bond acceptors (Lipinski definition) is 4. The van der Waals surface area contributed by atoms with Crippen LogP contribution in [0.3, 0.4) is 0 Å². The minimum atomic E-state index is -0.116. The fourth-order valence-corrected chi connectivity index (χ4v) is 2.35. The van der Waals surface area contributed by atoms with E-state index in [0.29, 0.717) is 12.5 Å². The fourth-order valence-electron chi connectivity index (χ4n) is 2.35. The van der Waals surface area contributed by atoms with Crippen molar-refractivity contribution < 1.29 is 14.2 Å². The molecule has 2 aromatic carbocycles. The molecule has 1 atom stereocenters. The first-order valence-electron chi connectivity index (χ1n) is 8.61. The molecule has 0 saturated heterocycles. The molecule has 3 rings (SSSR count). The van der Waals surface area contributed by atoms with Crippen molar-refractivity contribution in [2.24, 2.45) is 0 Å². The molecule has 4 nitrogen and oxygen atoms in total. The Morgan fingerprint density at radius 2 is 1.59 bits per heavy atom. The molecule has 0 N–H and O–H groups in total. The third-order valence-corrected chi connectivity index (χ3v) is 3.70. The molecular formula is C22H22FmNO3-. The molecule has 0 amide bonds. The van der Waals surface area contributed by atoms with Gasteiger partial charge in [-0.15, -0.1) is 12.1 Å². The Morgan fingerprint density at radius 1 is 0.926 bits per heavy atom. The molecule has 27 heavy (non-hydrogen) atoms. The van der Waals surface area contributed by atoms with Gasteiger partial charge in [-0.3, -0.25) is 0 Å². The summed E-state index contributed by atoms with van der Waals surface area (Å²) in [6.07, 6.45) is 3.63. The smallest absolute Gasteiger partial charge is 0.154 e. The molecule has 1 unspecified atom stereocenters. The second kappa shape index (κ2) is 9.37. The number of benzene rings is 2. The van der Waals surface area contributed by atoms with Gasteiger partial charge >= 0.3 is 0 Å². The second-order valence-electron chi connectivity index (χ2n) is 5.84. The van der Waals surface area contributed by atoms with Crippen molar-refractivity contribution in [2.75, 3.05) is 6.61 Å². The van der Waals surface area contributed by atoms with Gasteiger partial charge in [0.25, 0.3) is 0 Å². The van der Waals surface area contributed by atoms with Crippen molar-refractivity contribution in [3.63, 3.8) is 0 Å². The zero-order chi connectivity index (χ0) is 18.2. The largest absolute Gasteiger partial charge is 0.490 e. The topological polar surface area (TPSA) is 40.6 Å². The number of ether oxygens (including phenoxy) is 3. The summed E-state index contributed by atoms with van der Waals surface area (Å²) in [7, 11) is 0. The van der Waals surface area contributed by atoms with Crippen molar-refractivity contribution in [1.29, 1.82) is 0 Å². The summed E-state index contributed by atoms with van der Waals surface area (Å²) >= 11 is 0. The molecule has 146 valence electrons. The minimum absolute atomic E-state index is 0. The summed E-state index contributed by atoms with van der Waals surface area (Å²) in [5, 5.41) is 0. The number of hydrogen-bond donors (Lipinski definition) is 0. The normalized spacial score (nSPS) is 11.0. The van der Waals surface area contributed by atoms with Gasteiger partial charge in [-0.25, -0.2) is 4.98 Å². The molecule has 1 heterocycles. The van der Waals surface area contributed by atoms with E-state index >= 15 is 0 Å². The Kier molecular flexibility index (Phi) is 6.66. The number of pyridine rings is 1. The van der Waals surface area contributed by atoms with Crippen LogP contribution in [0.25, 0.3) is 0 Å². The summed E-state index contributed by atoms with van der Waals surface area (Å²) < 4.78 is 17.4. The van der Waals surface area contributed by atoms with E-state index in [9.17, 15) is 0 Å². The van der Waals surface area contributed by atoms with Crippen LogP contribution in [0.15, 0.2) is 72.9 Å². The Labute approximate surface area is 154 Å². The van der Waals surface area contributed by atoms with E-state index in [0.717, 1.165) is 22.8 Å². The molecule has 3 aromatic rings. The molecule has 0 aliphatic heterocycles. The van der Waals surface area contributed by atoms with Crippen molar-refractivity contribution in [1.82, 2.24) is 4.98 Å². The summed E-state index contributed by atoms with van der Waals surface area (Å²) in [4.78, 5) is 4.22. The van der Waals surface area contributed by atoms with E-state index in [2.05, 4.69) is 4.98 Å². The standard InChI is InChI=1S/C22H22NO3.Fm/c1-3-18-13-14-23-22(15-18)25-17(2)16-24-19-9-11-21(12-10-19)26-20-7-5-4-6-8-20;/h3-15,17H,16H2,1-2H3;/q-1;. The average Bonchev–Trinajstić information content (AvgIpc) is 2.68. The average molecular weight is 605 g/mol. The monoisotopic (exact) mass is 605 g/mol. The maximum atomic E-state index is 5.80. The molecule has 0 aliphatic rings. The van der Waals surface area contributed by atoms with Gasteiger partial charge in [0.2, 0.25) is 0 Å². The quantitative estimate of drug-likeness (QED) is 0.328. The summed E-state index contributed by atoms with van der Waals surface area (Å²) in [6.45, 7) is 4.37. The van der Waals surface area contributed by atoms with Crippen LogP contribution in [-0.2, 0) is 0 Å². The van der Waals surface area contributed by atoms with Crippen LogP contribution in [0.5, 0.6) is 23.1 Å². The van der Waals surface area contributed by atoms with E-state index in [4.69, 9.17) is 14.2 Å². The summed E-state index contributed by atoms with van der Waals surface area (Å²) in [6, 6.07) is 21.1. The van der Waals surface area contributed by atoms with Gasteiger partial charge < -0.3 is 14.2 Å². The SMILES string of the molecule is C[CH-]c1ccnc(OC(C)COc2ccc(Oc3ccccc3)cc2)c1.[Fm]. The Hall–Kier alpha value is -4.14. The van der Waals surface area contributed by atoms with Gasteiger partial charge in [-0.05, 0) is 49.5 Å². The first-order valence-corrected chi connectivity index (χ1v) is 8.61. The molecule has 0 fully saturated rings. The number of para-hydroxylation sites is 1. The molecule has 0 saturated carbocycles. The van der Waals surface area contributed by atoms with Gasteiger partial charge in [0.15, 0.2) is 5.88 Å². The number of nitrogens with zero attached hydrogens (tertiary/aromatic N) is 1. The molecule has 0 radical (unpaired) electrons. The summed E-state index contributed by atoms with van der Waals surface area (Å²) in [5.74, 6) is 2.94. The van der Waals surface area contributed by atoms with Crippen LogP contribution in [0.2, 0.25) is 0 Å². The van der Waals surface area contributed by atoms with Crippen molar-refractivity contribution in [3.05, 3.63) is 84.9 Å². The van der Waals surface area contributed by atoms with E-state index < -0.39 is 0 Å². The van der Waals surface area contributed by atoms with Crippen LogP contribution in [-0.4, -0.2) is 17.7 Å². The number of rotatable bonds is 8. The van der Waals surface area contributed by atoms with Gasteiger partial charge in [0.05, 0.1) is 0 Å². The first kappa shape index (κ1) is 19.2.